The van der Waals surface area contributed by atoms with E-state index in [1.807, 2.05) is 31.2 Å². The van der Waals surface area contributed by atoms with Gasteiger partial charge in [0.15, 0.2) is 0 Å². The highest BCUT2D eigenvalue weighted by atomic mass is 79.9. The van der Waals surface area contributed by atoms with Crippen molar-refractivity contribution in [3.63, 3.8) is 0 Å². The molecule has 0 aromatic heterocycles. The predicted octanol–water partition coefficient (Wildman–Crippen LogP) is 4.77. The van der Waals surface area contributed by atoms with Crippen molar-refractivity contribution in [2.45, 2.75) is 13.0 Å². The third-order valence-electron chi connectivity index (χ3n) is 2.92. The lowest BCUT2D eigenvalue weighted by Gasteiger charge is -2.17. The van der Waals surface area contributed by atoms with Gasteiger partial charge in [-0.05, 0) is 42.8 Å². The molecule has 0 fully saturated rings. The molecule has 2 nitrogen and oxygen atoms in total. The highest BCUT2D eigenvalue weighted by molar-refractivity contribution is 9.10. The number of nitrogens with one attached hydrogen (secondary N) is 1. The summed E-state index contributed by atoms with van der Waals surface area (Å²) in [5, 5.41) is 3.16. The van der Waals surface area contributed by atoms with E-state index in [2.05, 4.69) is 21.2 Å². The molecule has 1 atom stereocenters. The Balaban J connectivity index is 2.15. The van der Waals surface area contributed by atoms with Crippen LogP contribution in [0.5, 0.6) is 5.75 Å². The van der Waals surface area contributed by atoms with E-state index in [0.717, 1.165) is 15.8 Å². The van der Waals surface area contributed by atoms with Crippen LogP contribution in [0.4, 0.5) is 10.1 Å². The second-order valence-electron chi connectivity index (χ2n) is 4.26. The summed E-state index contributed by atoms with van der Waals surface area (Å²) in [4.78, 5) is 0. The molecule has 0 saturated heterocycles. The quantitative estimate of drug-likeness (QED) is 0.875. The smallest absolute Gasteiger partial charge is 0.146 e. The Kier molecular flexibility index (Phi) is 4.43. The van der Waals surface area contributed by atoms with Crippen molar-refractivity contribution in [1.82, 2.24) is 0 Å². The van der Waals surface area contributed by atoms with Gasteiger partial charge >= 0.3 is 0 Å². The molecule has 0 amide bonds. The first-order chi connectivity index (χ1) is 9.10. The molecule has 0 radical (unpaired) electrons. The highest BCUT2D eigenvalue weighted by Gasteiger charge is 2.09. The number of hydrogen-bond acceptors (Lipinski definition) is 2. The maximum atomic E-state index is 13.7. The highest BCUT2D eigenvalue weighted by Crippen LogP contribution is 2.25. The summed E-state index contributed by atoms with van der Waals surface area (Å²) in [6.45, 7) is 1.99. The average Bonchev–Trinajstić information content (AvgIpc) is 2.43. The molecule has 0 aliphatic rings. The first-order valence-electron chi connectivity index (χ1n) is 5.95. The van der Waals surface area contributed by atoms with Gasteiger partial charge in [-0.15, -0.1) is 0 Å². The molecule has 2 rings (SSSR count). The van der Waals surface area contributed by atoms with Crippen LogP contribution in [0.25, 0.3) is 0 Å². The maximum Gasteiger partial charge on any atom is 0.146 e. The minimum atomic E-state index is -0.261. The second-order valence-corrected chi connectivity index (χ2v) is 5.18. The molecule has 1 unspecified atom stereocenters. The Hall–Kier alpha value is -1.55. The van der Waals surface area contributed by atoms with Crippen molar-refractivity contribution in [2.24, 2.45) is 0 Å². The topological polar surface area (TPSA) is 21.3 Å². The molecular weight excluding hydrogens is 309 g/mol. The summed E-state index contributed by atoms with van der Waals surface area (Å²) in [6.07, 6.45) is 0. The van der Waals surface area contributed by atoms with Gasteiger partial charge in [-0.1, -0.05) is 28.1 Å². The van der Waals surface area contributed by atoms with Gasteiger partial charge in [0.2, 0.25) is 0 Å². The zero-order valence-corrected chi connectivity index (χ0v) is 12.4. The van der Waals surface area contributed by atoms with E-state index in [9.17, 15) is 4.39 Å². The van der Waals surface area contributed by atoms with Crippen LogP contribution >= 0.6 is 15.9 Å². The standard InChI is InChI=1S/C15H15BrFNO/c1-10(11-3-6-13(19-2)7-4-11)18-15-9-12(16)5-8-14(15)17/h3-10,18H,1-2H3. The first-order valence-corrected chi connectivity index (χ1v) is 6.75. The van der Waals surface area contributed by atoms with Crippen molar-refractivity contribution >= 4 is 21.6 Å². The molecule has 0 bridgehead atoms. The van der Waals surface area contributed by atoms with Crippen LogP contribution in [0.1, 0.15) is 18.5 Å². The zero-order chi connectivity index (χ0) is 13.8. The summed E-state index contributed by atoms with van der Waals surface area (Å²) in [5.74, 6) is 0.549. The third-order valence-corrected chi connectivity index (χ3v) is 3.41. The molecule has 0 saturated carbocycles. The number of halogens is 2. The summed E-state index contributed by atoms with van der Waals surface area (Å²) in [6, 6.07) is 12.6. The number of rotatable bonds is 4. The van der Waals surface area contributed by atoms with E-state index in [1.165, 1.54) is 6.07 Å². The van der Waals surface area contributed by atoms with Gasteiger partial charge in [-0.25, -0.2) is 4.39 Å². The van der Waals surface area contributed by atoms with Gasteiger partial charge in [0.25, 0.3) is 0 Å². The van der Waals surface area contributed by atoms with Gasteiger partial charge in [0.05, 0.1) is 12.8 Å². The van der Waals surface area contributed by atoms with Crippen LogP contribution in [0.3, 0.4) is 0 Å². The average molecular weight is 324 g/mol. The lowest BCUT2D eigenvalue weighted by Crippen LogP contribution is -2.07. The first kappa shape index (κ1) is 13.9. The molecule has 1 N–H and O–H groups in total. The Morgan fingerprint density at radius 1 is 1.16 bits per heavy atom. The van der Waals surface area contributed by atoms with E-state index in [0.29, 0.717) is 5.69 Å². The number of anilines is 1. The minimum absolute atomic E-state index is 0.00899. The Labute approximate surface area is 120 Å². The number of methoxy groups -OCH3 is 1. The maximum absolute atomic E-state index is 13.7. The van der Waals surface area contributed by atoms with Gasteiger partial charge in [-0.2, -0.15) is 0 Å². The monoisotopic (exact) mass is 323 g/mol. The van der Waals surface area contributed by atoms with Crippen LogP contribution in [0, 0.1) is 5.82 Å². The molecule has 4 heteroatoms. The molecule has 100 valence electrons. The zero-order valence-electron chi connectivity index (χ0n) is 10.8. The fourth-order valence-electron chi connectivity index (χ4n) is 1.82. The lowest BCUT2D eigenvalue weighted by molar-refractivity contribution is 0.414. The largest absolute Gasteiger partial charge is 0.497 e. The van der Waals surface area contributed by atoms with Gasteiger partial charge < -0.3 is 10.1 Å². The van der Waals surface area contributed by atoms with Crippen LogP contribution in [0.15, 0.2) is 46.9 Å². The fourth-order valence-corrected chi connectivity index (χ4v) is 2.18. The van der Waals surface area contributed by atoms with Gasteiger partial charge in [0, 0.05) is 10.5 Å². The van der Waals surface area contributed by atoms with Crippen LogP contribution in [-0.4, -0.2) is 7.11 Å². The molecular formula is C15H15BrFNO. The molecule has 19 heavy (non-hydrogen) atoms. The van der Waals surface area contributed by atoms with Crippen molar-refractivity contribution in [1.29, 1.82) is 0 Å². The van der Waals surface area contributed by atoms with Crippen molar-refractivity contribution in [3.8, 4) is 5.75 Å². The van der Waals surface area contributed by atoms with E-state index in [1.54, 1.807) is 19.2 Å². The van der Waals surface area contributed by atoms with E-state index in [4.69, 9.17) is 4.74 Å². The Morgan fingerprint density at radius 2 is 1.84 bits per heavy atom. The van der Waals surface area contributed by atoms with Gasteiger partial charge in [0.1, 0.15) is 11.6 Å². The van der Waals surface area contributed by atoms with E-state index in [-0.39, 0.29) is 11.9 Å². The Morgan fingerprint density at radius 3 is 2.47 bits per heavy atom. The minimum Gasteiger partial charge on any atom is -0.497 e. The second kappa shape index (κ2) is 6.06. The summed E-state index contributed by atoms with van der Waals surface area (Å²) in [7, 11) is 1.63. The lowest BCUT2D eigenvalue weighted by atomic mass is 10.1. The number of benzene rings is 2. The van der Waals surface area contributed by atoms with Crippen LogP contribution in [0.2, 0.25) is 0 Å². The van der Waals surface area contributed by atoms with Gasteiger partial charge in [-0.3, -0.25) is 0 Å². The normalized spacial score (nSPS) is 12.0. The van der Waals surface area contributed by atoms with Crippen LogP contribution in [-0.2, 0) is 0 Å². The summed E-state index contributed by atoms with van der Waals surface area (Å²) < 4.78 is 19.6. The predicted molar refractivity (Wildman–Crippen MR) is 79.1 cm³/mol. The van der Waals surface area contributed by atoms with E-state index < -0.39 is 0 Å². The van der Waals surface area contributed by atoms with E-state index >= 15 is 0 Å². The van der Waals surface area contributed by atoms with Crippen molar-refractivity contribution < 1.29 is 9.13 Å². The molecule has 0 aliphatic carbocycles. The number of hydrogen-bond donors (Lipinski definition) is 1. The molecule has 2 aromatic rings. The van der Waals surface area contributed by atoms with Crippen molar-refractivity contribution in [3.05, 3.63) is 58.3 Å². The fraction of sp³-hybridized carbons (Fsp3) is 0.200. The summed E-state index contributed by atoms with van der Waals surface area (Å²) in [5.41, 5.74) is 1.55. The molecule has 0 spiro atoms. The summed E-state index contributed by atoms with van der Waals surface area (Å²) >= 11 is 3.34. The Bertz CT molecular complexity index is 557. The van der Waals surface area contributed by atoms with Crippen LogP contribution < -0.4 is 10.1 Å². The third kappa shape index (κ3) is 3.47. The van der Waals surface area contributed by atoms with Crippen molar-refractivity contribution in [2.75, 3.05) is 12.4 Å². The molecule has 2 aromatic carbocycles. The molecule has 0 aliphatic heterocycles. The number of ether oxygens (including phenoxy) is 1. The molecule has 0 heterocycles. The SMILES string of the molecule is COc1ccc(C(C)Nc2cc(Br)ccc2F)cc1.